The lowest BCUT2D eigenvalue weighted by molar-refractivity contribution is 0.0951. The van der Waals surface area contributed by atoms with Gasteiger partial charge in [-0.15, -0.1) is 0 Å². The zero-order valence-corrected chi connectivity index (χ0v) is 13.1. The Hall–Kier alpha value is -1.26. The fourth-order valence-electron chi connectivity index (χ4n) is 2.04. The number of halogens is 1. The lowest BCUT2D eigenvalue weighted by atomic mass is 10.1. The third-order valence-electron chi connectivity index (χ3n) is 2.99. The third kappa shape index (κ3) is 3.64. The minimum Gasteiger partial charge on any atom is -0.352 e. The molecule has 0 aliphatic rings. The molecule has 1 unspecified atom stereocenters. The molecule has 20 heavy (non-hydrogen) atoms. The standard InChI is InChI=1S/C15H17ClN2OS/c1-10(9-20-2)8-17-15(19)12-7-14(16)18-13-6-4-3-5-11(12)13/h3-7,10H,8-9H2,1-2H3,(H,17,19). The molecule has 1 aromatic heterocycles. The van der Waals surface area contributed by atoms with Gasteiger partial charge in [0.2, 0.25) is 0 Å². The molecule has 0 saturated carbocycles. The number of carbonyl (C=O) groups excluding carboxylic acids is 1. The van der Waals surface area contributed by atoms with Crippen molar-refractivity contribution in [3.63, 3.8) is 0 Å². The van der Waals surface area contributed by atoms with Gasteiger partial charge in [0.15, 0.2) is 0 Å². The SMILES string of the molecule is CSCC(C)CNC(=O)c1cc(Cl)nc2ccccc12. The summed E-state index contributed by atoms with van der Waals surface area (Å²) in [6, 6.07) is 9.14. The van der Waals surface area contributed by atoms with Crippen molar-refractivity contribution in [2.75, 3.05) is 18.6 Å². The van der Waals surface area contributed by atoms with Crippen LogP contribution in [0.25, 0.3) is 10.9 Å². The molecule has 0 bridgehead atoms. The topological polar surface area (TPSA) is 42.0 Å². The summed E-state index contributed by atoms with van der Waals surface area (Å²) in [5, 5.41) is 4.13. The fraction of sp³-hybridized carbons (Fsp3) is 0.333. The summed E-state index contributed by atoms with van der Waals surface area (Å²) < 4.78 is 0. The summed E-state index contributed by atoms with van der Waals surface area (Å²) in [6.45, 7) is 2.78. The van der Waals surface area contributed by atoms with Crippen LogP contribution in [0.15, 0.2) is 30.3 Å². The van der Waals surface area contributed by atoms with Crippen molar-refractivity contribution in [1.29, 1.82) is 0 Å². The van der Waals surface area contributed by atoms with Gasteiger partial charge in [-0.05, 0) is 30.1 Å². The second-order valence-electron chi connectivity index (χ2n) is 4.78. The van der Waals surface area contributed by atoms with Crippen LogP contribution in [0.2, 0.25) is 5.15 Å². The lowest BCUT2D eigenvalue weighted by Gasteiger charge is -2.12. The molecule has 0 aliphatic heterocycles. The first-order chi connectivity index (χ1) is 9.61. The highest BCUT2D eigenvalue weighted by molar-refractivity contribution is 7.98. The number of hydrogen-bond donors (Lipinski definition) is 1. The predicted molar refractivity (Wildman–Crippen MR) is 86.6 cm³/mol. The number of hydrogen-bond acceptors (Lipinski definition) is 3. The smallest absolute Gasteiger partial charge is 0.252 e. The summed E-state index contributed by atoms with van der Waals surface area (Å²) in [4.78, 5) is 16.5. The van der Waals surface area contributed by atoms with E-state index in [1.807, 2.05) is 24.3 Å². The van der Waals surface area contributed by atoms with Crippen molar-refractivity contribution in [2.24, 2.45) is 5.92 Å². The first-order valence-electron chi connectivity index (χ1n) is 6.44. The van der Waals surface area contributed by atoms with Gasteiger partial charge in [-0.2, -0.15) is 11.8 Å². The van der Waals surface area contributed by atoms with Crippen molar-refractivity contribution in [2.45, 2.75) is 6.92 Å². The predicted octanol–water partition coefficient (Wildman–Crippen LogP) is 3.62. The Morgan fingerprint density at radius 2 is 2.20 bits per heavy atom. The molecule has 0 fully saturated rings. The Kier molecular flexibility index (Phi) is 5.26. The van der Waals surface area contributed by atoms with Crippen LogP contribution >= 0.6 is 23.4 Å². The molecule has 0 saturated heterocycles. The van der Waals surface area contributed by atoms with E-state index in [0.717, 1.165) is 16.7 Å². The highest BCUT2D eigenvalue weighted by Crippen LogP contribution is 2.20. The summed E-state index contributed by atoms with van der Waals surface area (Å²) in [5.74, 6) is 1.37. The highest BCUT2D eigenvalue weighted by Gasteiger charge is 2.13. The van der Waals surface area contributed by atoms with E-state index in [-0.39, 0.29) is 5.91 Å². The number of fused-ring (bicyclic) bond motifs is 1. The van der Waals surface area contributed by atoms with Gasteiger partial charge < -0.3 is 5.32 Å². The monoisotopic (exact) mass is 308 g/mol. The zero-order valence-electron chi connectivity index (χ0n) is 11.5. The molecule has 0 aliphatic carbocycles. The van der Waals surface area contributed by atoms with E-state index < -0.39 is 0 Å². The van der Waals surface area contributed by atoms with Gasteiger partial charge in [-0.25, -0.2) is 4.98 Å². The molecule has 1 atom stereocenters. The van der Waals surface area contributed by atoms with Gasteiger partial charge in [0.25, 0.3) is 5.91 Å². The second-order valence-corrected chi connectivity index (χ2v) is 6.08. The maximum Gasteiger partial charge on any atom is 0.252 e. The molecule has 3 nitrogen and oxygen atoms in total. The van der Waals surface area contributed by atoms with Crippen LogP contribution in [0.3, 0.4) is 0 Å². The molecule has 2 rings (SSSR count). The minimum absolute atomic E-state index is 0.0987. The number of carbonyl (C=O) groups is 1. The molecular weight excluding hydrogens is 292 g/mol. The van der Waals surface area contributed by atoms with E-state index in [1.165, 1.54) is 0 Å². The largest absolute Gasteiger partial charge is 0.352 e. The van der Waals surface area contributed by atoms with Crippen LogP contribution in [0.1, 0.15) is 17.3 Å². The zero-order chi connectivity index (χ0) is 14.5. The number of pyridine rings is 1. The molecule has 5 heteroatoms. The van der Waals surface area contributed by atoms with Crippen molar-refractivity contribution in [3.05, 3.63) is 41.0 Å². The van der Waals surface area contributed by atoms with Crippen molar-refractivity contribution in [1.82, 2.24) is 10.3 Å². The van der Waals surface area contributed by atoms with E-state index in [9.17, 15) is 4.79 Å². The Morgan fingerprint density at radius 1 is 1.45 bits per heavy atom. The van der Waals surface area contributed by atoms with Crippen LogP contribution in [0, 0.1) is 5.92 Å². The first-order valence-corrected chi connectivity index (χ1v) is 8.21. The maximum absolute atomic E-state index is 12.3. The quantitative estimate of drug-likeness (QED) is 0.858. The molecule has 2 aromatic rings. The van der Waals surface area contributed by atoms with Crippen LogP contribution in [0.5, 0.6) is 0 Å². The molecule has 1 amide bonds. The summed E-state index contributed by atoms with van der Waals surface area (Å²) in [7, 11) is 0. The number of rotatable bonds is 5. The molecule has 1 N–H and O–H groups in total. The van der Waals surface area contributed by atoms with Gasteiger partial charge >= 0.3 is 0 Å². The van der Waals surface area contributed by atoms with E-state index in [1.54, 1.807) is 17.8 Å². The van der Waals surface area contributed by atoms with Gasteiger partial charge in [0, 0.05) is 11.9 Å². The molecule has 0 radical (unpaired) electrons. The van der Waals surface area contributed by atoms with E-state index >= 15 is 0 Å². The van der Waals surface area contributed by atoms with Gasteiger partial charge in [0.1, 0.15) is 5.15 Å². The van der Waals surface area contributed by atoms with Crippen molar-refractivity contribution >= 4 is 40.2 Å². The number of nitrogens with zero attached hydrogens (tertiary/aromatic N) is 1. The number of nitrogens with one attached hydrogen (secondary N) is 1. The van der Waals surface area contributed by atoms with Gasteiger partial charge in [-0.1, -0.05) is 36.7 Å². The van der Waals surface area contributed by atoms with E-state index in [4.69, 9.17) is 11.6 Å². The maximum atomic E-state index is 12.3. The number of thioether (sulfide) groups is 1. The first kappa shape index (κ1) is 15.1. The summed E-state index contributed by atoms with van der Waals surface area (Å²) in [6.07, 6.45) is 2.06. The molecule has 106 valence electrons. The minimum atomic E-state index is -0.0987. The normalized spacial score (nSPS) is 12.3. The van der Waals surface area contributed by atoms with Gasteiger partial charge in [-0.3, -0.25) is 4.79 Å². The molecule has 0 spiro atoms. The fourth-order valence-corrected chi connectivity index (χ4v) is 2.92. The van der Waals surface area contributed by atoms with E-state index in [0.29, 0.717) is 23.2 Å². The summed E-state index contributed by atoms with van der Waals surface area (Å²) >= 11 is 7.77. The van der Waals surface area contributed by atoms with Crippen LogP contribution in [-0.2, 0) is 0 Å². The van der Waals surface area contributed by atoms with Crippen LogP contribution < -0.4 is 5.32 Å². The molecule has 1 aromatic carbocycles. The number of benzene rings is 1. The molecule has 1 heterocycles. The van der Waals surface area contributed by atoms with E-state index in [2.05, 4.69) is 23.5 Å². The van der Waals surface area contributed by atoms with Crippen LogP contribution in [0.4, 0.5) is 0 Å². The Morgan fingerprint density at radius 3 is 2.95 bits per heavy atom. The average molecular weight is 309 g/mol. The summed E-state index contributed by atoms with van der Waals surface area (Å²) in [5.41, 5.74) is 1.32. The second kappa shape index (κ2) is 6.95. The van der Waals surface area contributed by atoms with Gasteiger partial charge in [0.05, 0.1) is 11.1 Å². The third-order valence-corrected chi connectivity index (χ3v) is 4.09. The Bertz CT molecular complexity index is 618. The highest BCUT2D eigenvalue weighted by atomic mass is 35.5. The molecular formula is C15H17ClN2OS. The van der Waals surface area contributed by atoms with Crippen molar-refractivity contribution < 1.29 is 4.79 Å². The Labute approximate surface area is 128 Å². The number of para-hydroxylation sites is 1. The number of aromatic nitrogens is 1. The van der Waals surface area contributed by atoms with Crippen LogP contribution in [-0.4, -0.2) is 29.4 Å². The Balaban J connectivity index is 2.21. The lowest BCUT2D eigenvalue weighted by Crippen LogP contribution is -2.29. The average Bonchev–Trinajstić information content (AvgIpc) is 2.44. The number of amides is 1. The van der Waals surface area contributed by atoms with Crippen molar-refractivity contribution in [3.8, 4) is 0 Å².